The second kappa shape index (κ2) is 4.40. The number of carbonyl (C=O) groups excluding carboxylic acids is 1. The Hall–Kier alpha value is -2.75. The van der Waals surface area contributed by atoms with Gasteiger partial charge in [0.1, 0.15) is 12.4 Å². The molecule has 0 atom stereocenters. The number of methoxy groups -OCH3 is 1. The standard InChI is InChI=1S/C10H7N5O2/c1-17-10(16)9-13-6-15(14-9)8-3-2-7(4-11)5-12-8/h2-3,5-6H,1H3. The van der Waals surface area contributed by atoms with E-state index in [1.165, 1.54) is 24.3 Å². The summed E-state index contributed by atoms with van der Waals surface area (Å²) in [6.45, 7) is 0. The van der Waals surface area contributed by atoms with Crippen molar-refractivity contribution < 1.29 is 9.53 Å². The summed E-state index contributed by atoms with van der Waals surface area (Å²) < 4.78 is 5.81. The van der Waals surface area contributed by atoms with Gasteiger partial charge >= 0.3 is 5.97 Å². The van der Waals surface area contributed by atoms with Gasteiger partial charge in [0.05, 0.1) is 12.7 Å². The zero-order valence-electron chi connectivity index (χ0n) is 8.86. The molecule has 0 spiro atoms. The van der Waals surface area contributed by atoms with E-state index in [-0.39, 0.29) is 5.82 Å². The zero-order valence-corrected chi connectivity index (χ0v) is 8.86. The molecule has 0 bridgehead atoms. The van der Waals surface area contributed by atoms with Crippen molar-refractivity contribution >= 4 is 5.97 Å². The monoisotopic (exact) mass is 229 g/mol. The number of pyridine rings is 1. The molecule has 0 amide bonds. The Morgan fingerprint density at radius 2 is 2.29 bits per heavy atom. The van der Waals surface area contributed by atoms with Crippen molar-refractivity contribution in [2.24, 2.45) is 0 Å². The van der Waals surface area contributed by atoms with E-state index in [0.717, 1.165) is 0 Å². The van der Waals surface area contributed by atoms with Crippen LogP contribution in [0.3, 0.4) is 0 Å². The van der Waals surface area contributed by atoms with Crippen molar-refractivity contribution in [1.29, 1.82) is 5.26 Å². The van der Waals surface area contributed by atoms with Crippen LogP contribution in [-0.2, 0) is 4.74 Å². The number of esters is 1. The number of aromatic nitrogens is 4. The van der Waals surface area contributed by atoms with E-state index >= 15 is 0 Å². The molecule has 0 unspecified atom stereocenters. The Labute approximate surface area is 96.3 Å². The highest BCUT2D eigenvalue weighted by atomic mass is 16.5. The fraction of sp³-hybridized carbons (Fsp3) is 0.100. The molecule has 7 heteroatoms. The van der Waals surface area contributed by atoms with Gasteiger partial charge in [-0.3, -0.25) is 0 Å². The van der Waals surface area contributed by atoms with Crippen molar-refractivity contribution in [3.63, 3.8) is 0 Å². The third kappa shape index (κ3) is 2.10. The molecule has 2 aromatic rings. The summed E-state index contributed by atoms with van der Waals surface area (Å²) in [5.74, 6) is -0.192. The van der Waals surface area contributed by atoms with Gasteiger partial charge in [0.2, 0.25) is 0 Å². The van der Waals surface area contributed by atoms with Crippen LogP contribution in [0.15, 0.2) is 24.7 Å². The number of nitrogens with zero attached hydrogens (tertiary/aromatic N) is 5. The first-order chi connectivity index (χ1) is 8.24. The maximum atomic E-state index is 11.1. The van der Waals surface area contributed by atoms with Gasteiger partial charge in [0.25, 0.3) is 5.82 Å². The van der Waals surface area contributed by atoms with Crippen LogP contribution in [0.25, 0.3) is 5.82 Å². The molecular formula is C10H7N5O2. The van der Waals surface area contributed by atoms with Gasteiger partial charge in [-0.05, 0) is 12.1 Å². The molecule has 0 aliphatic rings. The highest BCUT2D eigenvalue weighted by Crippen LogP contribution is 2.04. The van der Waals surface area contributed by atoms with Crippen molar-refractivity contribution in [3.05, 3.63) is 36.0 Å². The van der Waals surface area contributed by atoms with Gasteiger partial charge in [-0.15, -0.1) is 5.10 Å². The molecule has 17 heavy (non-hydrogen) atoms. The Balaban J connectivity index is 2.31. The van der Waals surface area contributed by atoms with E-state index in [1.54, 1.807) is 12.1 Å². The van der Waals surface area contributed by atoms with Gasteiger partial charge in [-0.2, -0.15) is 5.26 Å². The summed E-state index contributed by atoms with van der Waals surface area (Å²) in [5.41, 5.74) is 0.446. The molecule has 0 saturated heterocycles. The van der Waals surface area contributed by atoms with Crippen LogP contribution in [0, 0.1) is 11.3 Å². The minimum atomic E-state index is -0.614. The van der Waals surface area contributed by atoms with Crippen LogP contribution in [0.2, 0.25) is 0 Å². The number of ether oxygens (including phenoxy) is 1. The lowest BCUT2D eigenvalue weighted by Gasteiger charge is -1.97. The van der Waals surface area contributed by atoms with Crippen LogP contribution in [0.1, 0.15) is 16.2 Å². The van der Waals surface area contributed by atoms with E-state index in [0.29, 0.717) is 11.4 Å². The van der Waals surface area contributed by atoms with Crippen LogP contribution < -0.4 is 0 Å². The fourth-order valence-electron chi connectivity index (χ4n) is 1.15. The number of nitriles is 1. The van der Waals surface area contributed by atoms with Gasteiger partial charge < -0.3 is 4.74 Å². The number of hydrogen-bond acceptors (Lipinski definition) is 6. The predicted octanol–water partition coefficient (Wildman–Crippen LogP) is 0.321. The first-order valence-corrected chi connectivity index (χ1v) is 4.61. The van der Waals surface area contributed by atoms with Gasteiger partial charge in [0, 0.05) is 6.20 Å². The van der Waals surface area contributed by atoms with Gasteiger partial charge in [-0.25, -0.2) is 19.4 Å². The molecule has 0 N–H and O–H groups in total. The van der Waals surface area contributed by atoms with Crippen molar-refractivity contribution in [1.82, 2.24) is 19.7 Å². The Bertz CT molecular complexity index is 581. The molecule has 0 saturated carbocycles. The van der Waals surface area contributed by atoms with Crippen molar-refractivity contribution in [3.8, 4) is 11.9 Å². The molecular weight excluding hydrogens is 222 g/mol. The van der Waals surface area contributed by atoms with Crippen LogP contribution >= 0.6 is 0 Å². The molecule has 84 valence electrons. The third-order valence-corrected chi connectivity index (χ3v) is 1.97. The second-order valence-corrected chi connectivity index (χ2v) is 3.02. The highest BCUT2D eigenvalue weighted by Gasteiger charge is 2.12. The summed E-state index contributed by atoms with van der Waals surface area (Å²) in [5, 5.41) is 12.5. The predicted molar refractivity (Wildman–Crippen MR) is 55.2 cm³/mol. The first kappa shape index (κ1) is 10.8. The smallest absolute Gasteiger partial charge is 0.377 e. The average molecular weight is 229 g/mol. The molecule has 2 rings (SSSR count). The number of carbonyl (C=O) groups is 1. The average Bonchev–Trinajstić information content (AvgIpc) is 2.87. The van der Waals surface area contributed by atoms with Crippen LogP contribution in [-0.4, -0.2) is 32.8 Å². The van der Waals surface area contributed by atoms with Crippen LogP contribution in [0.5, 0.6) is 0 Å². The highest BCUT2D eigenvalue weighted by molar-refractivity contribution is 5.84. The summed E-state index contributed by atoms with van der Waals surface area (Å²) in [6.07, 6.45) is 2.76. The Morgan fingerprint density at radius 3 is 2.88 bits per heavy atom. The Kier molecular flexibility index (Phi) is 2.79. The maximum Gasteiger partial charge on any atom is 0.377 e. The summed E-state index contributed by atoms with van der Waals surface area (Å²) in [4.78, 5) is 18.9. The van der Waals surface area contributed by atoms with Gasteiger partial charge in [-0.1, -0.05) is 0 Å². The third-order valence-electron chi connectivity index (χ3n) is 1.97. The summed E-state index contributed by atoms with van der Waals surface area (Å²) in [7, 11) is 1.25. The molecule has 0 aromatic carbocycles. The topological polar surface area (TPSA) is 93.7 Å². The maximum absolute atomic E-state index is 11.1. The van der Waals surface area contributed by atoms with E-state index in [2.05, 4.69) is 19.8 Å². The quantitative estimate of drug-likeness (QED) is 0.688. The van der Waals surface area contributed by atoms with Crippen molar-refractivity contribution in [2.75, 3.05) is 7.11 Å². The van der Waals surface area contributed by atoms with E-state index in [1.807, 2.05) is 6.07 Å². The molecule has 2 heterocycles. The fourth-order valence-corrected chi connectivity index (χ4v) is 1.15. The number of hydrogen-bond donors (Lipinski definition) is 0. The normalized spacial score (nSPS) is 9.65. The minimum Gasteiger partial charge on any atom is -0.463 e. The molecule has 2 aromatic heterocycles. The van der Waals surface area contributed by atoms with Gasteiger partial charge in [0.15, 0.2) is 5.82 Å². The molecule has 0 fully saturated rings. The molecule has 0 radical (unpaired) electrons. The lowest BCUT2D eigenvalue weighted by Crippen LogP contribution is -2.05. The van der Waals surface area contributed by atoms with E-state index < -0.39 is 5.97 Å². The molecule has 7 nitrogen and oxygen atoms in total. The molecule has 0 aliphatic heterocycles. The Morgan fingerprint density at radius 1 is 1.47 bits per heavy atom. The largest absolute Gasteiger partial charge is 0.463 e. The summed E-state index contributed by atoms with van der Waals surface area (Å²) >= 11 is 0. The van der Waals surface area contributed by atoms with E-state index in [4.69, 9.17) is 5.26 Å². The number of rotatable bonds is 2. The van der Waals surface area contributed by atoms with Crippen molar-refractivity contribution in [2.45, 2.75) is 0 Å². The summed E-state index contributed by atoms with van der Waals surface area (Å²) in [6, 6.07) is 5.16. The van der Waals surface area contributed by atoms with E-state index in [9.17, 15) is 4.79 Å². The molecule has 0 aliphatic carbocycles. The second-order valence-electron chi connectivity index (χ2n) is 3.02. The zero-order chi connectivity index (χ0) is 12.3. The lowest BCUT2D eigenvalue weighted by molar-refractivity contribution is 0.0587. The minimum absolute atomic E-state index is 0.0429. The lowest BCUT2D eigenvalue weighted by atomic mass is 10.3. The first-order valence-electron chi connectivity index (χ1n) is 4.61. The van der Waals surface area contributed by atoms with Crippen LogP contribution in [0.4, 0.5) is 0 Å². The SMILES string of the molecule is COC(=O)c1ncn(-c2ccc(C#N)cn2)n1.